The summed E-state index contributed by atoms with van der Waals surface area (Å²) < 4.78 is 0. The number of amides is 11. The Morgan fingerprint density at radius 2 is 0.960 bits per heavy atom. The first-order valence-electron chi connectivity index (χ1n) is 35.8. The molecule has 0 radical (unpaired) electrons. The van der Waals surface area contributed by atoms with E-state index in [1.54, 1.807) is 66.7 Å². The Balaban J connectivity index is 0.00000309. The minimum atomic E-state index is -1.61. The molecule has 1 aliphatic heterocycles. The fraction of sp³-hybridized carbons (Fsp3) is 0.743. The number of phenols is 2. The largest absolute Gasteiger partial charge is 0.508 e. The molecule has 0 spiro atoms. The van der Waals surface area contributed by atoms with E-state index in [9.17, 15) is 53.4 Å². The number of hydrogen-bond donors (Lipinski definition) is 7. The number of aromatic hydroxyl groups is 2. The first-order chi connectivity index (χ1) is 45.9. The molecule has 12 unspecified atom stereocenters. The molecule has 1 fully saturated rings. The second-order valence-corrected chi connectivity index (χ2v) is 29.7. The van der Waals surface area contributed by atoms with Crippen LogP contribution in [0.15, 0.2) is 30.4 Å². The van der Waals surface area contributed by atoms with E-state index in [0.717, 1.165) is 28.2 Å². The summed E-state index contributed by atoms with van der Waals surface area (Å²) in [6.07, 6.45) is 8.72. The Morgan fingerprint density at radius 1 is 0.495 bits per heavy atom. The van der Waals surface area contributed by atoms with Gasteiger partial charge in [-0.15, -0.1) is 0 Å². The molecule has 564 valence electrons. The lowest BCUT2D eigenvalue weighted by atomic mass is 9.91. The maximum Gasteiger partial charge on any atom is 0.246 e. The Kier molecular flexibility index (Phi) is 38.7. The predicted molar refractivity (Wildman–Crippen MR) is 386 cm³/mol. The van der Waals surface area contributed by atoms with E-state index in [1.807, 2.05) is 61.5 Å². The Hall–Kier alpha value is -7.31. The molecule has 1 aromatic carbocycles. The highest BCUT2D eigenvalue weighted by atomic mass is 16.3. The molecule has 25 heteroatoms. The number of hydrogen-bond acceptors (Lipinski definition) is 14. The zero-order valence-electron chi connectivity index (χ0n) is 64.7. The highest BCUT2D eigenvalue weighted by molar-refractivity contribution is 5.99. The first-order valence-corrected chi connectivity index (χ1v) is 35.8. The van der Waals surface area contributed by atoms with Crippen molar-refractivity contribution in [1.29, 1.82) is 0 Å². The molecule has 0 saturated carbocycles. The van der Waals surface area contributed by atoms with E-state index in [1.165, 1.54) is 113 Å². The number of likely N-dealkylation sites (N-methyl/N-ethyl adjacent to an activating group) is 7. The minimum Gasteiger partial charge on any atom is -0.508 e. The molecule has 99 heavy (non-hydrogen) atoms. The van der Waals surface area contributed by atoms with Gasteiger partial charge in [0.1, 0.15) is 71.9 Å². The Bertz CT molecular complexity index is 2850. The highest BCUT2D eigenvalue weighted by Crippen LogP contribution is 2.27. The number of aliphatic hydroxyl groups excluding tert-OH is 1. The van der Waals surface area contributed by atoms with Gasteiger partial charge in [-0.25, -0.2) is 0 Å². The van der Waals surface area contributed by atoms with Crippen LogP contribution in [0.4, 0.5) is 0 Å². The van der Waals surface area contributed by atoms with Crippen LogP contribution in [0.25, 0.3) is 0 Å². The molecule has 0 aliphatic carbocycles. The van der Waals surface area contributed by atoms with Crippen molar-refractivity contribution in [2.75, 3.05) is 55.9 Å². The fourth-order valence-electron chi connectivity index (χ4n) is 12.2. The summed E-state index contributed by atoms with van der Waals surface area (Å²) in [7, 11) is 9.92. The van der Waals surface area contributed by atoms with Crippen LogP contribution in [0.2, 0.25) is 0 Å². The molecule has 1 aromatic rings. The lowest BCUT2D eigenvalue weighted by molar-refractivity contribution is -0.157. The molecular formula is C74H129N11O14. The predicted octanol–water partition coefficient (Wildman–Crippen LogP) is 6.49. The van der Waals surface area contributed by atoms with Gasteiger partial charge < -0.3 is 70.9 Å². The van der Waals surface area contributed by atoms with Crippen LogP contribution in [0.5, 0.6) is 11.5 Å². The van der Waals surface area contributed by atoms with E-state index in [0.29, 0.717) is 6.42 Å². The summed E-state index contributed by atoms with van der Waals surface area (Å²) in [6.45, 7) is 31.5. The third-order valence-corrected chi connectivity index (χ3v) is 18.4. The number of nitrogens with one attached hydrogen (secondary N) is 4. The maximum absolute atomic E-state index is 15.1. The lowest BCUT2D eigenvalue weighted by Gasteiger charge is -2.41. The van der Waals surface area contributed by atoms with E-state index >= 15 is 9.59 Å². The van der Waals surface area contributed by atoms with Crippen LogP contribution >= 0.6 is 0 Å². The molecule has 1 saturated heterocycles. The SMILES string of the molecule is CC=CCC(C)C(O)C1C(=O)NC(CC)C(=O)N(C)CC(=O)N(C)C(CC(C)C)C(=O)NC(C(C)C)C(=O)N(C)C(CC(C)C)C(=O)NC(C)C(=O)NC(C)C(=O)N(C)C(CC(C)C)C(=O)N(C)C(CC(C)C)C(=O)N(C)C(C(C)C)C(=O)N1C.CCCCCCc1ccc(O)cc1O. The summed E-state index contributed by atoms with van der Waals surface area (Å²) in [5.74, 6) is -9.37. The number of phenolic OH excluding ortho intramolecular Hbond substituents is 2. The van der Waals surface area contributed by atoms with Crippen molar-refractivity contribution in [3.63, 3.8) is 0 Å². The summed E-state index contributed by atoms with van der Waals surface area (Å²) >= 11 is 0. The van der Waals surface area contributed by atoms with Gasteiger partial charge >= 0.3 is 0 Å². The van der Waals surface area contributed by atoms with Crippen molar-refractivity contribution in [3.8, 4) is 11.5 Å². The van der Waals surface area contributed by atoms with E-state index in [2.05, 4.69) is 28.2 Å². The second-order valence-electron chi connectivity index (χ2n) is 29.7. The molecule has 2 rings (SSSR count). The lowest BCUT2D eigenvalue weighted by Crippen LogP contribution is -2.63. The van der Waals surface area contributed by atoms with Crippen molar-refractivity contribution in [3.05, 3.63) is 35.9 Å². The molecule has 12 atom stereocenters. The molecule has 7 N–H and O–H groups in total. The van der Waals surface area contributed by atoms with Gasteiger partial charge in [0.15, 0.2) is 0 Å². The topological polar surface area (TPSA) is 319 Å². The summed E-state index contributed by atoms with van der Waals surface area (Å²) in [5, 5.41) is 41.6. The number of nitrogens with zero attached hydrogens (tertiary/aromatic N) is 7. The molecule has 1 heterocycles. The highest BCUT2D eigenvalue weighted by Gasteiger charge is 2.46. The first kappa shape index (κ1) is 89.7. The zero-order chi connectivity index (χ0) is 76.4. The zero-order valence-corrected chi connectivity index (χ0v) is 64.7. The number of aryl methyl sites for hydroxylation is 1. The molecule has 25 nitrogen and oxygen atoms in total. The summed E-state index contributed by atoms with van der Waals surface area (Å²) in [5.41, 5.74) is 0.930. The van der Waals surface area contributed by atoms with Crippen LogP contribution in [0, 0.1) is 41.4 Å². The van der Waals surface area contributed by atoms with E-state index in [-0.39, 0.29) is 67.3 Å². The van der Waals surface area contributed by atoms with Crippen molar-refractivity contribution >= 4 is 65.0 Å². The van der Waals surface area contributed by atoms with Crippen molar-refractivity contribution in [2.24, 2.45) is 41.4 Å². The number of aliphatic hydroxyl groups is 1. The fourth-order valence-corrected chi connectivity index (χ4v) is 12.2. The molecule has 1 aliphatic rings. The van der Waals surface area contributed by atoms with Gasteiger partial charge in [0, 0.05) is 55.4 Å². The minimum absolute atomic E-state index is 0.0229. The maximum atomic E-state index is 15.1. The number of carbonyl (C=O) groups excluding carboxylic acids is 11. The Morgan fingerprint density at radius 3 is 1.43 bits per heavy atom. The molecule has 0 aromatic heterocycles. The standard InChI is InChI=1S/C62H111N11O12.C12H18O2/c1-25-27-28-40(15)52(75)51-56(79)65-43(26-2)58(81)67(18)33-48(74)68(19)44(29-34(3)4)55(78)66-49(38(11)12)61(84)69(20)45(30-35(5)6)54(77)63-41(16)53(76)64-42(17)57(80)70(21)46(31-36(7)8)59(82)71(22)47(32-37(9)10)60(83)72(23)50(39(13)14)62(85)73(51)24;1-2-3-4-5-6-10-7-8-11(13)9-12(10)14/h25,27,34-47,49-52,75H,26,28-33H2,1-24H3,(H,63,77)(H,64,76)(H,65,79)(H,66,78);7-9,13-14H,2-6H2,1H3. The van der Waals surface area contributed by atoms with Gasteiger partial charge in [-0.1, -0.05) is 141 Å². The van der Waals surface area contributed by atoms with Crippen molar-refractivity contribution < 1.29 is 68.1 Å². The average Bonchev–Trinajstić information content (AvgIpc) is 0.803. The summed E-state index contributed by atoms with van der Waals surface area (Å²) in [4.78, 5) is 169. The third kappa shape index (κ3) is 27.3. The average molecular weight is 1400 g/mol. The van der Waals surface area contributed by atoms with Crippen LogP contribution in [0.1, 0.15) is 194 Å². The van der Waals surface area contributed by atoms with Crippen LogP contribution in [-0.4, -0.2) is 237 Å². The number of benzene rings is 1. The Labute approximate surface area is 592 Å². The van der Waals surface area contributed by atoms with Crippen LogP contribution < -0.4 is 21.3 Å². The molecular weight excluding hydrogens is 1270 g/mol. The normalized spacial score (nSPS) is 24.6. The van der Waals surface area contributed by atoms with E-state index < -0.39 is 156 Å². The number of allylic oxidation sites excluding steroid dienone is 2. The second kappa shape index (κ2) is 42.7. The van der Waals surface area contributed by atoms with Gasteiger partial charge in [-0.3, -0.25) is 52.7 Å². The van der Waals surface area contributed by atoms with Gasteiger partial charge in [0.2, 0.25) is 65.0 Å². The summed E-state index contributed by atoms with van der Waals surface area (Å²) in [6, 6.07) is -7.52. The van der Waals surface area contributed by atoms with Gasteiger partial charge in [0.25, 0.3) is 0 Å². The smallest absolute Gasteiger partial charge is 0.246 e. The van der Waals surface area contributed by atoms with Gasteiger partial charge in [0.05, 0.1) is 12.6 Å². The van der Waals surface area contributed by atoms with Crippen molar-refractivity contribution in [1.82, 2.24) is 55.6 Å². The van der Waals surface area contributed by atoms with Crippen molar-refractivity contribution in [2.45, 2.75) is 262 Å². The number of carbonyl (C=O) groups is 11. The monoisotopic (exact) mass is 1400 g/mol. The quantitative estimate of drug-likeness (QED) is 0.0542. The van der Waals surface area contributed by atoms with E-state index in [4.69, 9.17) is 5.11 Å². The third-order valence-electron chi connectivity index (χ3n) is 18.4. The van der Waals surface area contributed by atoms with Crippen LogP contribution in [-0.2, 0) is 59.2 Å². The molecule has 0 bridgehead atoms. The number of unbranched alkanes of at least 4 members (excludes halogenated alkanes) is 3. The number of rotatable bonds is 20. The van der Waals surface area contributed by atoms with Crippen LogP contribution in [0.3, 0.4) is 0 Å². The van der Waals surface area contributed by atoms with Gasteiger partial charge in [-0.05, 0) is 125 Å². The van der Waals surface area contributed by atoms with Gasteiger partial charge in [-0.2, -0.15) is 0 Å². The molecule has 11 amide bonds.